The maximum atomic E-state index is 13.9. The fraction of sp³-hybridized carbons (Fsp3) is 0.321. The van der Waals surface area contributed by atoms with Gasteiger partial charge in [0.1, 0.15) is 5.82 Å². The summed E-state index contributed by atoms with van der Waals surface area (Å²) in [6.07, 6.45) is 9.96. The predicted molar refractivity (Wildman–Crippen MR) is 134 cm³/mol. The first-order chi connectivity index (χ1) is 17.0. The Morgan fingerprint density at radius 2 is 1.94 bits per heavy atom. The number of hydrogen-bond acceptors (Lipinski definition) is 4. The summed E-state index contributed by atoms with van der Waals surface area (Å²) in [4.78, 5) is 20.4. The van der Waals surface area contributed by atoms with Crippen molar-refractivity contribution in [3.8, 4) is 22.4 Å². The maximum Gasteiger partial charge on any atom is 0.255 e. The van der Waals surface area contributed by atoms with Crippen molar-refractivity contribution in [3.63, 3.8) is 0 Å². The van der Waals surface area contributed by atoms with Crippen LogP contribution in [0.5, 0.6) is 0 Å². The summed E-state index contributed by atoms with van der Waals surface area (Å²) in [6, 6.07) is 12.9. The summed E-state index contributed by atoms with van der Waals surface area (Å²) in [5.74, 6) is -0.328. The number of aromatic nitrogens is 3. The largest absolute Gasteiger partial charge is 0.350 e. The van der Waals surface area contributed by atoms with Crippen LogP contribution in [0.4, 0.5) is 4.39 Å². The van der Waals surface area contributed by atoms with Gasteiger partial charge in [-0.25, -0.2) is 8.91 Å². The summed E-state index contributed by atoms with van der Waals surface area (Å²) in [6.45, 7) is 4.70. The molecule has 4 aromatic rings. The average molecular weight is 470 g/mol. The Balaban J connectivity index is 1.32. The Kier molecular flexibility index (Phi) is 5.37. The van der Waals surface area contributed by atoms with Gasteiger partial charge in [-0.1, -0.05) is 6.07 Å². The first-order valence-corrected chi connectivity index (χ1v) is 12.3. The lowest BCUT2D eigenvalue weighted by Gasteiger charge is -2.32. The minimum absolute atomic E-state index is 0.0918. The van der Waals surface area contributed by atoms with Crippen molar-refractivity contribution in [1.82, 2.24) is 24.8 Å². The zero-order valence-corrected chi connectivity index (χ0v) is 19.8. The molecule has 35 heavy (non-hydrogen) atoms. The van der Waals surface area contributed by atoms with Gasteiger partial charge in [-0.3, -0.25) is 14.7 Å². The lowest BCUT2D eigenvalue weighted by molar-refractivity contribution is 0.0921. The molecule has 1 amide bonds. The van der Waals surface area contributed by atoms with Gasteiger partial charge in [-0.2, -0.15) is 5.10 Å². The van der Waals surface area contributed by atoms with E-state index in [1.54, 1.807) is 29.9 Å². The normalized spacial score (nSPS) is 17.1. The molecule has 1 aromatic carbocycles. The highest BCUT2D eigenvalue weighted by atomic mass is 19.1. The van der Waals surface area contributed by atoms with Crippen molar-refractivity contribution < 1.29 is 9.18 Å². The van der Waals surface area contributed by atoms with E-state index < -0.39 is 0 Å². The quantitative estimate of drug-likeness (QED) is 0.453. The van der Waals surface area contributed by atoms with Gasteiger partial charge in [-0.05, 0) is 93.2 Å². The molecule has 0 bridgehead atoms. The fourth-order valence-electron chi connectivity index (χ4n) is 5.84. The number of benzene rings is 1. The molecule has 0 unspecified atom stereocenters. The van der Waals surface area contributed by atoms with Crippen LogP contribution in [-0.2, 0) is 0 Å². The van der Waals surface area contributed by atoms with E-state index in [9.17, 15) is 9.18 Å². The van der Waals surface area contributed by atoms with Gasteiger partial charge in [0.2, 0.25) is 0 Å². The minimum Gasteiger partial charge on any atom is -0.350 e. The molecule has 0 atom stereocenters. The van der Waals surface area contributed by atoms with E-state index in [2.05, 4.69) is 20.3 Å². The lowest BCUT2D eigenvalue weighted by Crippen LogP contribution is -2.48. The molecular weight excluding hydrogens is 441 g/mol. The second-order valence-corrected chi connectivity index (χ2v) is 9.77. The van der Waals surface area contributed by atoms with Crippen molar-refractivity contribution in [2.75, 3.05) is 19.6 Å². The first-order valence-electron chi connectivity index (χ1n) is 12.3. The Morgan fingerprint density at radius 1 is 1.11 bits per heavy atom. The van der Waals surface area contributed by atoms with Crippen LogP contribution < -0.4 is 5.32 Å². The number of rotatable bonds is 5. The van der Waals surface area contributed by atoms with E-state index in [0.29, 0.717) is 17.7 Å². The third-order valence-electron chi connectivity index (χ3n) is 7.71. The molecule has 2 saturated heterocycles. The van der Waals surface area contributed by atoms with Crippen LogP contribution >= 0.6 is 0 Å². The topological polar surface area (TPSA) is 62.5 Å². The predicted octanol–water partition coefficient (Wildman–Crippen LogP) is 4.87. The van der Waals surface area contributed by atoms with Crippen LogP contribution in [0, 0.1) is 12.7 Å². The van der Waals surface area contributed by atoms with Gasteiger partial charge in [-0.15, -0.1) is 0 Å². The fourth-order valence-corrected chi connectivity index (χ4v) is 5.84. The molecule has 178 valence electrons. The molecule has 0 spiro atoms. The highest BCUT2D eigenvalue weighted by molar-refractivity contribution is 6.01. The van der Waals surface area contributed by atoms with Crippen molar-refractivity contribution in [2.24, 2.45) is 0 Å². The molecule has 2 fully saturated rings. The molecule has 1 N–H and O–H groups in total. The zero-order valence-electron chi connectivity index (χ0n) is 19.8. The molecular formula is C28H28FN5O. The zero-order chi connectivity index (χ0) is 24.0. The smallest absolute Gasteiger partial charge is 0.255 e. The van der Waals surface area contributed by atoms with E-state index in [1.165, 1.54) is 18.9 Å². The van der Waals surface area contributed by atoms with E-state index in [0.717, 1.165) is 53.8 Å². The van der Waals surface area contributed by atoms with Crippen molar-refractivity contribution in [2.45, 2.75) is 38.1 Å². The van der Waals surface area contributed by atoms with Gasteiger partial charge in [0.05, 0.1) is 23.0 Å². The highest BCUT2D eigenvalue weighted by Gasteiger charge is 2.44. The molecule has 0 aliphatic carbocycles. The van der Waals surface area contributed by atoms with Gasteiger partial charge >= 0.3 is 0 Å². The Labute approximate surface area is 203 Å². The summed E-state index contributed by atoms with van der Waals surface area (Å²) in [7, 11) is 0. The maximum absolute atomic E-state index is 13.9. The lowest BCUT2D eigenvalue weighted by atomic mass is 9.94. The van der Waals surface area contributed by atoms with Crippen LogP contribution in [0.25, 0.3) is 27.9 Å². The first kappa shape index (κ1) is 21.9. The Bertz CT molecular complexity index is 1420. The van der Waals surface area contributed by atoms with E-state index in [-0.39, 0.29) is 17.3 Å². The molecule has 5 heterocycles. The molecule has 6 rings (SSSR count). The number of fused-ring (bicyclic) bond motifs is 2. The number of amides is 1. The average Bonchev–Trinajstić information content (AvgIpc) is 3.58. The van der Waals surface area contributed by atoms with Gasteiger partial charge in [0.25, 0.3) is 5.91 Å². The van der Waals surface area contributed by atoms with Gasteiger partial charge in [0.15, 0.2) is 0 Å². The molecule has 0 radical (unpaired) electrons. The number of halogens is 1. The van der Waals surface area contributed by atoms with E-state index in [1.807, 2.05) is 36.5 Å². The molecule has 6 nitrogen and oxygen atoms in total. The number of nitrogens with zero attached hydrogens (tertiary/aromatic N) is 4. The molecule has 0 saturated carbocycles. The van der Waals surface area contributed by atoms with Crippen LogP contribution in [0.2, 0.25) is 0 Å². The number of carbonyl (C=O) groups is 1. The van der Waals surface area contributed by atoms with E-state index >= 15 is 0 Å². The molecule has 7 heteroatoms. The number of carbonyl (C=O) groups excluding carboxylic acids is 1. The SMILES string of the molecule is Cc1cc(-c2ncccc2-c2ccn3ncc(C(=O)NCC45CCCN4CCC5)c3c2)ccc1F. The van der Waals surface area contributed by atoms with Gasteiger partial charge < -0.3 is 5.32 Å². The van der Waals surface area contributed by atoms with E-state index in [4.69, 9.17) is 0 Å². The monoisotopic (exact) mass is 469 g/mol. The third-order valence-corrected chi connectivity index (χ3v) is 7.71. The van der Waals surface area contributed by atoms with Crippen LogP contribution in [0.3, 0.4) is 0 Å². The minimum atomic E-state index is -0.236. The number of hydrogen-bond donors (Lipinski definition) is 1. The van der Waals surface area contributed by atoms with Crippen LogP contribution in [0.1, 0.15) is 41.6 Å². The number of pyridine rings is 2. The summed E-state index contributed by atoms with van der Waals surface area (Å²) < 4.78 is 15.6. The second kappa shape index (κ2) is 8.57. The number of aryl methyl sites for hydroxylation is 1. The Hall–Kier alpha value is -3.58. The van der Waals surface area contributed by atoms with Crippen molar-refractivity contribution in [1.29, 1.82) is 0 Å². The highest BCUT2D eigenvalue weighted by Crippen LogP contribution is 2.38. The molecule has 3 aromatic heterocycles. The van der Waals surface area contributed by atoms with Crippen LogP contribution in [0.15, 0.2) is 61.1 Å². The van der Waals surface area contributed by atoms with Gasteiger partial charge in [0, 0.05) is 35.6 Å². The molecule has 2 aliphatic rings. The third kappa shape index (κ3) is 3.80. The Morgan fingerprint density at radius 3 is 2.74 bits per heavy atom. The summed E-state index contributed by atoms with van der Waals surface area (Å²) >= 11 is 0. The number of nitrogens with one attached hydrogen (secondary N) is 1. The second-order valence-electron chi connectivity index (χ2n) is 9.77. The standard InChI is InChI=1S/C28H28FN5O/c1-19-15-21(6-7-24(19)29)26-22(5-2-11-30-26)20-8-14-34-25(16-20)23(17-32-34)27(35)31-18-28-9-3-12-33(28)13-4-10-28/h2,5-8,11,14-17H,3-4,9-10,12-13,18H2,1H3,(H,31,35). The molecule has 2 aliphatic heterocycles. The summed E-state index contributed by atoms with van der Waals surface area (Å²) in [5.41, 5.74) is 5.48. The van der Waals surface area contributed by atoms with Crippen molar-refractivity contribution in [3.05, 3.63) is 78.0 Å². The van der Waals surface area contributed by atoms with Crippen molar-refractivity contribution >= 4 is 11.4 Å². The van der Waals surface area contributed by atoms with Crippen LogP contribution in [-0.4, -0.2) is 50.6 Å². The summed E-state index contributed by atoms with van der Waals surface area (Å²) in [5, 5.41) is 7.62.